The highest BCUT2D eigenvalue weighted by Crippen LogP contribution is 2.36. The van der Waals surface area contributed by atoms with Crippen molar-refractivity contribution in [1.82, 2.24) is 10.2 Å². The third kappa shape index (κ3) is 3.05. The van der Waals surface area contributed by atoms with Crippen molar-refractivity contribution in [3.05, 3.63) is 56.8 Å². The quantitative estimate of drug-likeness (QED) is 0.930. The highest BCUT2D eigenvalue weighted by molar-refractivity contribution is 7.10. The van der Waals surface area contributed by atoms with E-state index >= 15 is 0 Å². The number of benzene rings is 1. The molecule has 112 valence electrons. The van der Waals surface area contributed by atoms with Gasteiger partial charge in [0.05, 0.1) is 6.04 Å². The van der Waals surface area contributed by atoms with Gasteiger partial charge in [-0.15, -0.1) is 11.3 Å². The van der Waals surface area contributed by atoms with Crippen LogP contribution in [0.1, 0.15) is 33.2 Å². The van der Waals surface area contributed by atoms with E-state index in [1.807, 2.05) is 11.3 Å². The van der Waals surface area contributed by atoms with Crippen LogP contribution < -0.4 is 5.32 Å². The molecule has 1 aromatic carbocycles. The average Bonchev–Trinajstić information content (AvgIpc) is 2.97. The molecule has 2 aromatic rings. The van der Waals surface area contributed by atoms with Gasteiger partial charge in [-0.1, -0.05) is 23.8 Å². The molecule has 1 aliphatic heterocycles. The van der Waals surface area contributed by atoms with Gasteiger partial charge in [-0.25, -0.2) is 0 Å². The Morgan fingerprint density at radius 3 is 2.33 bits per heavy atom. The van der Waals surface area contributed by atoms with Gasteiger partial charge in [-0.3, -0.25) is 4.90 Å². The fraction of sp³-hybridized carbons (Fsp3) is 0.444. The summed E-state index contributed by atoms with van der Waals surface area (Å²) in [6, 6.07) is 9.52. The number of nitrogens with one attached hydrogen (secondary N) is 1. The van der Waals surface area contributed by atoms with Crippen LogP contribution in [0, 0.1) is 20.8 Å². The molecule has 0 spiro atoms. The van der Waals surface area contributed by atoms with E-state index in [9.17, 15) is 0 Å². The van der Waals surface area contributed by atoms with Gasteiger partial charge in [0, 0.05) is 31.1 Å². The first kappa shape index (κ1) is 14.8. The molecule has 1 aliphatic rings. The Bertz CT molecular complexity index is 575. The fourth-order valence-electron chi connectivity index (χ4n) is 3.51. The van der Waals surface area contributed by atoms with Gasteiger partial charge in [0.25, 0.3) is 0 Å². The molecular weight excluding hydrogens is 276 g/mol. The largest absolute Gasteiger partial charge is 0.314 e. The first-order chi connectivity index (χ1) is 10.2. The van der Waals surface area contributed by atoms with E-state index in [0.29, 0.717) is 6.04 Å². The zero-order chi connectivity index (χ0) is 14.8. The molecule has 0 bridgehead atoms. The van der Waals surface area contributed by atoms with Crippen molar-refractivity contribution in [3.63, 3.8) is 0 Å². The number of thiophene rings is 1. The summed E-state index contributed by atoms with van der Waals surface area (Å²) < 4.78 is 0. The van der Waals surface area contributed by atoms with Crippen molar-refractivity contribution in [2.45, 2.75) is 26.8 Å². The maximum absolute atomic E-state index is 3.47. The Morgan fingerprint density at radius 2 is 1.76 bits per heavy atom. The summed E-state index contributed by atoms with van der Waals surface area (Å²) >= 11 is 1.88. The van der Waals surface area contributed by atoms with Crippen molar-refractivity contribution in [2.24, 2.45) is 0 Å². The summed E-state index contributed by atoms with van der Waals surface area (Å²) in [6.45, 7) is 11.1. The summed E-state index contributed by atoms with van der Waals surface area (Å²) in [5.41, 5.74) is 5.71. The minimum absolute atomic E-state index is 0.410. The molecule has 0 radical (unpaired) electrons. The molecular formula is C18H24N2S. The fourth-order valence-corrected chi connectivity index (χ4v) is 4.38. The van der Waals surface area contributed by atoms with E-state index in [2.05, 4.69) is 60.6 Å². The van der Waals surface area contributed by atoms with Gasteiger partial charge in [0.2, 0.25) is 0 Å². The van der Waals surface area contributed by atoms with Gasteiger partial charge in [0.1, 0.15) is 0 Å². The van der Waals surface area contributed by atoms with Crippen LogP contribution in [-0.2, 0) is 0 Å². The van der Waals surface area contributed by atoms with Crippen molar-refractivity contribution in [2.75, 3.05) is 26.2 Å². The normalized spacial score (nSPS) is 17.9. The Balaban J connectivity index is 2.07. The Labute approximate surface area is 131 Å². The second-order valence-corrected chi connectivity index (χ2v) is 7.00. The molecule has 3 heteroatoms. The minimum Gasteiger partial charge on any atom is -0.314 e. The molecule has 1 saturated heterocycles. The molecule has 2 nitrogen and oxygen atoms in total. The van der Waals surface area contributed by atoms with Crippen molar-refractivity contribution < 1.29 is 0 Å². The molecule has 1 fully saturated rings. The zero-order valence-corrected chi connectivity index (χ0v) is 14.0. The van der Waals surface area contributed by atoms with E-state index in [-0.39, 0.29) is 0 Å². The number of piperazine rings is 1. The highest BCUT2D eigenvalue weighted by atomic mass is 32.1. The van der Waals surface area contributed by atoms with E-state index in [1.54, 1.807) is 0 Å². The molecule has 0 unspecified atom stereocenters. The molecule has 0 amide bonds. The summed E-state index contributed by atoms with van der Waals surface area (Å²) in [5, 5.41) is 5.66. The molecule has 21 heavy (non-hydrogen) atoms. The first-order valence-electron chi connectivity index (χ1n) is 7.72. The number of rotatable bonds is 3. The molecule has 0 aliphatic carbocycles. The predicted octanol–water partition coefficient (Wildman–Crippen LogP) is 3.67. The summed E-state index contributed by atoms with van der Waals surface area (Å²) in [4.78, 5) is 4.10. The summed E-state index contributed by atoms with van der Waals surface area (Å²) in [7, 11) is 0. The van der Waals surface area contributed by atoms with Crippen LogP contribution in [0.2, 0.25) is 0 Å². The van der Waals surface area contributed by atoms with Crippen LogP contribution in [0.15, 0.2) is 29.6 Å². The van der Waals surface area contributed by atoms with E-state index in [1.165, 1.54) is 27.1 Å². The van der Waals surface area contributed by atoms with Crippen molar-refractivity contribution in [1.29, 1.82) is 0 Å². The Hall–Kier alpha value is -1.16. The number of hydrogen-bond donors (Lipinski definition) is 1. The lowest BCUT2D eigenvalue weighted by Gasteiger charge is -2.36. The van der Waals surface area contributed by atoms with Gasteiger partial charge < -0.3 is 5.32 Å². The summed E-state index contributed by atoms with van der Waals surface area (Å²) in [5.74, 6) is 0. The van der Waals surface area contributed by atoms with Crippen molar-refractivity contribution >= 4 is 11.3 Å². The molecule has 3 rings (SSSR count). The monoisotopic (exact) mass is 300 g/mol. The smallest absolute Gasteiger partial charge is 0.0702 e. The molecule has 1 N–H and O–H groups in total. The SMILES string of the molecule is Cc1cc(C)c([C@@H](c2cccs2)N2CCNCC2)c(C)c1. The third-order valence-electron chi connectivity index (χ3n) is 4.34. The van der Waals surface area contributed by atoms with Crippen LogP contribution in [0.3, 0.4) is 0 Å². The second-order valence-electron chi connectivity index (χ2n) is 6.02. The van der Waals surface area contributed by atoms with Gasteiger partial charge in [-0.2, -0.15) is 0 Å². The highest BCUT2D eigenvalue weighted by Gasteiger charge is 2.27. The van der Waals surface area contributed by atoms with Crippen molar-refractivity contribution in [3.8, 4) is 0 Å². The minimum atomic E-state index is 0.410. The Kier molecular flexibility index (Phi) is 4.43. The van der Waals surface area contributed by atoms with Gasteiger partial charge in [-0.05, 0) is 48.9 Å². The number of aryl methyl sites for hydroxylation is 3. The van der Waals surface area contributed by atoms with Crippen LogP contribution in [0.4, 0.5) is 0 Å². The number of nitrogens with zero attached hydrogens (tertiary/aromatic N) is 1. The van der Waals surface area contributed by atoms with E-state index < -0.39 is 0 Å². The van der Waals surface area contributed by atoms with Crippen LogP contribution >= 0.6 is 11.3 Å². The van der Waals surface area contributed by atoms with Gasteiger partial charge in [0.15, 0.2) is 0 Å². The zero-order valence-electron chi connectivity index (χ0n) is 13.1. The standard InChI is InChI=1S/C18H24N2S/c1-13-11-14(2)17(15(3)12-13)18(16-5-4-10-21-16)20-8-6-19-7-9-20/h4-5,10-12,18-19H,6-9H2,1-3H3/t18-/m1/s1. The lowest BCUT2D eigenvalue weighted by molar-refractivity contribution is 0.200. The third-order valence-corrected chi connectivity index (χ3v) is 5.27. The lowest BCUT2D eigenvalue weighted by atomic mass is 9.92. The van der Waals surface area contributed by atoms with Crippen LogP contribution in [0.5, 0.6) is 0 Å². The number of hydrogen-bond acceptors (Lipinski definition) is 3. The van der Waals surface area contributed by atoms with Crippen LogP contribution in [-0.4, -0.2) is 31.1 Å². The Morgan fingerprint density at radius 1 is 1.10 bits per heavy atom. The molecule has 2 heterocycles. The average molecular weight is 300 g/mol. The molecule has 0 saturated carbocycles. The van der Waals surface area contributed by atoms with E-state index in [4.69, 9.17) is 0 Å². The maximum Gasteiger partial charge on any atom is 0.0702 e. The molecule has 1 aromatic heterocycles. The predicted molar refractivity (Wildman–Crippen MR) is 91.3 cm³/mol. The molecule has 1 atom stereocenters. The summed E-state index contributed by atoms with van der Waals surface area (Å²) in [6.07, 6.45) is 0. The first-order valence-corrected chi connectivity index (χ1v) is 8.60. The van der Waals surface area contributed by atoms with E-state index in [0.717, 1.165) is 26.2 Å². The second kappa shape index (κ2) is 6.30. The maximum atomic E-state index is 3.47. The van der Waals surface area contributed by atoms with Crippen LogP contribution in [0.25, 0.3) is 0 Å². The topological polar surface area (TPSA) is 15.3 Å². The van der Waals surface area contributed by atoms with Gasteiger partial charge >= 0.3 is 0 Å². The lowest BCUT2D eigenvalue weighted by Crippen LogP contribution is -2.45.